The first kappa shape index (κ1) is 11.9. The van der Waals surface area contributed by atoms with E-state index in [0.717, 1.165) is 10.4 Å². The van der Waals surface area contributed by atoms with Crippen LogP contribution in [0.1, 0.15) is 15.3 Å². The Labute approximate surface area is 114 Å². The topological polar surface area (TPSA) is 38.7 Å². The third kappa shape index (κ3) is 2.35. The fourth-order valence-electron chi connectivity index (χ4n) is 1.89. The van der Waals surface area contributed by atoms with Crippen molar-refractivity contribution in [1.82, 2.24) is 0 Å². The number of oxime groups is 1. The lowest BCUT2D eigenvalue weighted by atomic mass is 10.0. The fourth-order valence-corrected chi connectivity index (χ4v) is 2.71. The Morgan fingerprint density at radius 2 is 1.95 bits per heavy atom. The first-order valence-corrected chi connectivity index (χ1v) is 6.69. The average molecular weight is 269 g/mol. The highest BCUT2D eigenvalue weighted by molar-refractivity contribution is 7.12. The van der Waals surface area contributed by atoms with Gasteiger partial charge in [0, 0.05) is 15.3 Å². The third-order valence-electron chi connectivity index (χ3n) is 2.79. The largest absolute Gasteiger partial charge is 0.368 e. The molecule has 19 heavy (non-hydrogen) atoms. The van der Waals surface area contributed by atoms with Crippen LogP contribution in [0.25, 0.3) is 6.08 Å². The predicted octanol–water partition coefficient (Wildman–Crippen LogP) is 3.40. The van der Waals surface area contributed by atoms with Crippen LogP contribution in [0.2, 0.25) is 0 Å². The van der Waals surface area contributed by atoms with Crippen molar-refractivity contribution in [3.63, 3.8) is 0 Å². The maximum absolute atomic E-state index is 11.8. The van der Waals surface area contributed by atoms with Crippen molar-refractivity contribution in [2.75, 3.05) is 0 Å². The molecule has 94 valence electrons. The van der Waals surface area contributed by atoms with Gasteiger partial charge in [-0.05, 0) is 25.1 Å². The maximum atomic E-state index is 11.8. The van der Waals surface area contributed by atoms with Gasteiger partial charge < -0.3 is 4.84 Å². The van der Waals surface area contributed by atoms with E-state index >= 15 is 0 Å². The summed E-state index contributed by atoms with van der Waals surface area (Å²) in [7, 11) is 0. The molecule has 0 unspecified atom stereocenters. The van der Waals surface area contributed by atoms with Gasteiger partial charge in [-0.15, -0.1) is 11.3 Å². The van der Waals surface area contributed by atoms with Crippen LogP contribution in [0.15, 0.2) is 53.2 Å². The molecule has 3 rings (SSSR count). The van der Waals surface area contributed by atoms with Crippen LogP contribution in [-0.4, -0.2) is 11.7 Å². The molecule has 0 N–H and O–H groups in total. The number of aryl methyl sites for hydroxylation is 1. The second-order valence-electron chi connectivity index (χ2n) is 4.19. The number of rotatable bonds is 2. The third-order valence-corrected chi connectivity index (χ3v) is 3.74. The quantitative estimate of drug-likeness (QED) is 0.619. The second-order valence-corrected chi connectivity index (χ2v) is 5.51. The molecule has 3 nitrogen and oxygen atoms in total. The van der Waals surface area contributed by atoms with Crippen molar-refractivity contribution in [2.24, 2.45) is 5.16 Å². The Balaban J connectivity index is 2.01. The molecule has 1 aliphatic heterocycles. The van der Waals surface area contributed by atoms with Gasteiger partial charge in [-0.1, -0.05) is 35.5 Å². The van der Waals surface area contributed by atoms with Crippen molar-refractivity contribution in [2.45, 2.75) is 6.92 Å². The number of hydrogen-bond donors (Lipinski definition) is 0. The minimum Gasteiger partial charge on any atom is -0.312 e. The minimum absolute atomic E-state index is 0.398. The van der Waals surface area contributed by atoms with Crippen LogP contribution < -0.4 is 0 Å². The molecule has 0 saturated carbocycles. The van der Waals surface area contributed by atoms with Gasteiger partial charge in [0.15, 0.2) is 0 Å². The zero-order valence-electron chi connectivity index (χ0n) is 10.3. The molecule has 1 aromatic carbocycles. The van der Waals surface area contributed by atoms with E-state index in [9.17, 15) is 4.79 Å². The van der Waals surface area contributed by atoms with E-state index in [1.165, 1.54) is 4.88 Å². The molecule has 1 aromatic heterocycles. The van der Waals surface area contributed by atoms with Crippen LogP contribution in [-0.2, 0) is 9.63 Å². The molecular formula is C15H11NO2S. The Hall–Kier alpha value is -2.20. The molecule has 0 aliphatic carbocycles. The van der Waals surface area contributed by atoms with Gasteiger partial charge in [-0.25, -0.2) is 4.79 Å². The zero-order chi connectivity index (χ0) is 13.2. The molecule has 2 aromatic rings. The predicted molar refractivity (Wildman–Crippen MR) is 76.1 cm³/mol. The van der Waals surface area contributed by atoms with Crippen LogP contribution in [0.3, 0.4) is 0 Å². The smallest absolute Gasteiger partial charge is 0.312 e. The van der Waals surface area contributed by atoms with E-state index in [0.29, 0.717) is 11.3 Å². The van der Waals surface area contributed by atoms with E-state index in [1.54, 1.807) is 11.3 Å². The highest BCUT2D eigenvalue weighted by Crippen LogP contribution is 2.24. The summed E-state index contributed by atoms with van der Waals surface area (Å²) in [6, 6.07) is 13.6. The maximum Gasteiger partial charge on any atom is 0.368 e. The van der Waals surface area contributed by atoms with Crippen LogP contribution in [0, 0.1) is 6.92 Å². The highest BCUT2D eigenvalue weighted by atomic mass is 32.1. The SMILES string of the molecule is Cc1ccc(/C=C2/C(=O)ON=C2c2ccccc2)s1. The summed E-state index contributed by atoms with van der Waals surface area (Å²) >= 11 is 1.63. The standard InChI is InChI=1S/C15H11NO2S/c1-10-7-8-12(19-10)9-13-14(16-18-15(13)17)11-5-3-2-4-6-11/h2-9H,1H3/b13-9+. The molecular weight excluding hydrogens is 258 g/mol. The van der Waals surface area contributed by atoms with E-state index in [-0.39, 0.29) is 0 Å². The first-order chi connectivity index (χ1) is 9.24. The van der Waals surface area contributed by atoms with Gasteiger partial charge in [0.05, 0.1) is 5.57 Å². The van der Waals surface area contributed by atoms with Crippen molar-refractivity contribution in [3.8, 4) is 0 Å². The van der Waals surface area contributed by atoms with E-state index < -0.39 is 5.97 Å². The lowest BCUT2D eigenvalue weighted by Crippen LogP contribution is -2.06. The molecule has 0 radical (unpaired) electrons. The van der Waals surface area contributed by atoms with Crippen molar-refractivity contribution in [1.29, 1.82) is 0 Å². The number of thiophene rings is 1. The number of carbonyl (C=O) groups is 1. The van der Waals surface area contributed by atoms with Crippen molar-refractivity contribution < 1.29 is 9.63 Å². The normalized spacial score (nSPS) is 16.6. The minimum atomic E-state index is -0.398. The number of carbonyl (C=O) groups excluding carboxylic acids is 1. The molecule has 0 fully saturated rings. The Kier molecular flexibility index (Phi) is 3.01. The van der Waals surface area contributed by atoms with Gasteiger partial charge in [0.25, 0.3) is 0 Å². The van der Waals surface area contributed by atoms with Crippen molar-refractivity contribution >= 4 is 29.1 Å². The zero-order valence-corrected chi connectivity index (χ0v) is 11.1. The molecule has 4 heteroatoms. The summed E-state index contributed by atoms with van der Waals surface area (Å²) in [4.78, 5) is 18.8. The average Bonchev–Trinajstić information content (AvgIpc) is 2.99. The lowest BCUT2D eigenvalue weighted by molar-refractivity contribution is -0.136. The van der Waals surface area contributed by atoms with Gasteiger partial charge in [0.1, 0.15) is 5.71 Å². The summed E-state index contributed by atoms with van der Waals surface area (Å²) in [6.45, 7) is 2.03. The Morgan fingerprint density at radius 3 is 2.63 bits per heavy atom. The van der Waals surface area contributed by atoms with E-state index in [1.807, 2.05) is 55.5 Å². The summed E-state index contributed by atoms with van der Waals surface area (Å²) in [5, 5.41) is 3.87. The molecule has 0 bridgehead atoms. The molecule has 0 amide bonds. The van der Waals surface area contributed by atoms with Gasteiger partial charge >= 0.3 is 5.97 Å². The Bertz CT molecular complexity index is 683. The summed E-state index contributed by atoms with van der Waals surface area (Å²) in [5.41, 5.74) is 1.98. The summed E-state index contributed by atoms with van der Waals surface area (Å²) < 4.78 is 0. The molecule has 2 heterocycles. The van der Waals surface area contributed by atoms with Crippen LogP contribution in [0.5, 0.6) is 0 Å². The van der Waals surface area contributed by atoms with E-state index in [2.05, 4.69) is 5.16 Å². The molecule has 1 aliphatic rings. The van der Waals surface area contributed by atoms with Gasteiger partial charge in [-0.3, -0.25) is 0 Å². The van der Waals surface area contributed by atoms with Gasteiger partial charge in [0.2, 0.25) is 0 Å². The van der Waals surface area contributed by atoms with Crippen LogP contribution in [0.4, 0.5) is 0 Å². The summed E-state index contributed by atoms with van der Waals surface area (Å²) in [6.07, 6.45) is 1.83. The van der Waals surface area contributed by atoms with Crippen molar-refractivity contribution in [3.05, 3.63) is 63.4 Å². The highest BCUT2D eigenvalue weighted by Gasteiger charge is 2.26. The molecule has 0 saturated heterocycles. The number of nitrogens with zero attached hydrogens (tertiary/aromatic N) is 1. The molecule has 0 atom stereocenters. The fraction of sp³-hybridized carbons (Fsp3) is 0.0667. The van der Waals surface area contributed by atoms with Crippen LogP contribution >= 0.6 is 11.3 Å². The Morgan fingerprint density at radius 1 is 1.16 bits per heavy atom. The monoisotopic (exact) mass is 269 g/mol. The summed E-state index contributed by atoms with van der Waals surface area (Å²) in [5.74, 6) is -0.398. The first-order valence-electron chi connectivity index (χ1n) is 5.87. The lowest BCUT2D eigenvalue weighted by Gasteiger charge is -1.98. The molecule has 0 spiro atoms. The number of benzene rings is 1. The van der Waals surface area contributed by atoms with E-state index in [4.69, 9.17) is 4.84 Å². The second kappa shape index (κ2) is 4.82. The number of hydrogen-bond acceptors (Lipinski definition) is 4. The van der Waals surface area contributed by atoms with Gasteiger partial charge in [-0.2, -0.15) is 0 Å².